The highest BCUT2D eigenvalue weighted by atomic mass is 16.5. The average molecular weight is 509 g/mol. The Morgan fingerprint density at radius 2 is 1.68 bits per heavy atom. The summed E-state index contributed by atoms with van der Waals surface area (Å²) in [6.45, 7) is -0.108. The van der Waals surface area contributed by atoms with Gasteiger partial charge in [-0.1, -0.05) is 24.3 Å². The van der Waals surface area contributed by atoms with E-state index in [1.165, 1.54) is 6.07 Å². The summed E-state index contributed by atoms with van der Waals surface area (Å²) in [5.41, 5.74) is 6.08. The second-order valence-electron chi connectivity index (χ2n) is 7.88. The maximum Gasteiger partial charge on any atom is 0.316 e. The van der Waals surface area contributed by atoms with E-state index in [1.807, 2.05) is 18.2 Å². The lowest BCUT2D eigenvalue weighted by molar-refractivity contribution is -0.119. The minimum absolute atomic E-state index is 0.00734. The van der Waals surface area contributed by atoms with Crippen molar-refractivity contribution in [2.24, 2.45) is 15.7 Å². The van der Waals surface area contributed by atoms with Gasteiger partial charge in [0.15, 0.2) is 5.84 Å². The monoisotopic (exact) mass is 509 g/mol. The highest BCUT2D eigenvalue weighted by Crippen LogP contribution is 2.29. The number of fused-ring (bicyclic) bond motifs is 1. The lowest BCUT2D eigenvalue weighted by atomic mass is 10.2. The molecule has 188 valence electrons. The average Bonchev–Trinajstić information content (AvgIpc) is 2.89. The van der Waals surface area contributed by atoms with Crippen LogP contribution in [-0.2, 0) is 4.79 Å². The van der Waals surface area contributed by atoms with E-state index >= 15 is 0 Å². The number of carbonyl (C=O) groups excluding carboxylic acids is 2. The fraction of sp³-hybridized carbons (Fsp3) is 0.0385. The fourth-order valence-corrected chi connectivity index (χ4v) is 3.51. The van der Waals surface area contributed by atoms with E-state index in [1.54, 1.807) is 48.5 Å². The molecule has 3 amide bonds. The summed E-state index contributed by atoms with van der Waals surface area (Å²) in [5, 5.41) is 17.6. The molecule has 12 heteroatoms. The van der Waals surface area contributed by atoms with E-state index in [2.05, 4.69) is 32.0 Å². The number of amidine groups is 2. The van der Waals surface area contributed by atoms with Crippen molar-refractivity contribution in [2.45, 2.75) is 0 Å². The molecule has 0 saturated heterocycles. The molecule has 2 heterocycles. The van der Waals surface area contributed by atoms with Crippen LogP contribution in [-0.4, -0.2) is 30.3 Å². The fourth-order valence-electron chi connectivity index (χ4n) is 3.51. The highest BCUT2D eigenvalue weighted by molar-refractivity contribution is 6.13. The van der Waals surface area contributed by atoms with Gasteiger partial charge in [-0.05, 0) is 36.4 Å². The van der Waals surface area contributed by atoms with Crippen LogP contribution in [0.15, 0.2) is 94.4 Å². The normalized spacial score (nSPS) is 14.0. The molecule has 0 unspecified atom stereocenters. The molecule has 0 aliphatic carbocycles. The van der Waals surface area contributed by atoms with Gasteiger partial charge in [0.1, 0.15) is 35.2 Å². The molecule has 0 saturated carbocycles. The summed E-state index contributed by atoms with van der Waals surface area (Å²) in [6, 6.07) is 21.5. The Labute approximate surface area is 216 Å². The number of aliphatic imine (C=N–C) groups is 2. The third kappa shape index (κ3) is 5.69. The van der Waals surface area contributed by atoms with Gasteiger partial charge in [-0.25, -0.2) is 4.79 Å². The molecule has 0 atom stereocenters. The first kappa shape index (κ1) is 23.9. The molecule has 0 aromatic heterocycles. The molecule has 2 aliphatic heterocycles. The third-order valence-electron chi connectivity index (χ3n) is 5.04. The summed E-state index contributed by atoms with van der Waals surface area (Å²) in [4.78, 5) is 31.8. The number of hydrogen-bond acceptors (Lipinski definition) is 9. The molecule has 0 spiro atoms. The minimum Gasteiger partial charge on any atom is -0.457 e. The van der Waals surface area contributed by atoms with Gasteiger partial charge in [-0.15, -0.1) is 0 Å². The number of hydrogen-bond donors (Lipinski definition) is 4. The first-order valence-corrected chi connectivity index (χ1v) is 11.2. The predicted molar refractivity (Wildman–Crippen MR) is 137 cm³/mol. The largest absolute Gasteiger partial charge is 0.457 e. The predicted octanol–water partition coefficient (Wildman–Crippen LogP) is 2.96. The van der Waals surface area contributed by atoms with Crippen LogP contribution in [0.1, 0.15) is 5.56 Å². The quantitative estimate of drug-likeness (QED) is 0.395. The Morgan fingerprint density at radius 3 is 2.45 bits per heavy atom. The van der Waals surface area contributed by atoms with Crippen LogP contribution in [0, 0.1) is 11.3 Å². The number of ether oxygens (including phenoxy) is 3. The van der Waals surface area contributed by atoms with Crippen LogP contribution < -0.4 is 35.9 Å². The maximum absolute atomic E-state index is 12.0. The van der Waals surface area contributed by atoms with Gasteiger partial charge in [0, 0.05) is 17.8 Å². The van der Waals surface area contributed by atoms with E-state index < -0.39 is 6.03 Å². The summed E-state index contributed by atoms with van der Waals surface area (Å²) in [6.07, 6.45) is 0. The molecule has 5 rings (SSSR count). The summed E-state index contributed by atoms with van der Waals surface area (Å²) >= 11 is 0. The van der Waals surface area contributed by atoms with E-state index in [0.29, 0.717) is 22.9 Å². The molecule has 2 aliphatic rings. The van der Waals surface area contributed by atoms with Crippen molar-refractivity contribution in [3.63, 3.8) is 0 Å². The number of nitriles is 1. The lowest BCUT2D eigenvalue weighted by Gasteiger charge is -2.24. The number of nitrogens with two attached hydrogens (primary N) is 1. The number of urea groups is 1. The van der Waals surface area contributed by atoms with Crippen molar-refractivity contribution in [1.82, 2.24) is 10.6 Å². The van der Waals surface area contributed by atoms with Gasteiger partial charge in [0.05, 0.1) is 11.6 Å². The second kappa shape index (κ2) is 10.4. The van der Waals surface area contributed by atoms with E-state index in [4.69, 9.17) is 19.9 Å². The molecule has 0 radical (unpaired) electrons. The Balaban J connectivity index is 1.46. The first-order valence-electron chi connectivity index (χ1n) is 11.2. The summed E-state index contributed by atoms with van der Waals surface area (Å²) < 4.78 is 17.7. The van der Waals surface area contributed by atoms with Crippen LogP contribution in [0.4, 0.5) is 10.5 Å². The zero-order valence-corrected chi connectivity index (χ0v) is 19.6. The van der Waals surface area contributed by atoms with Gasteiger partial charge in [-0.3, -0.25) is 15.1 Å². The van der Waals surface area contributed by atoms with Crippen molar-refractivity contribution in [2.75, 3.05) is 11.9 Å². The molecule has 3 aromatic carbocycles. The van der Waals surface area contributed by atoms with Crippen molar-refractivity contribution in [1.29, 1.82) is 5.26 Å². The van der Waals surface area contributed by atoms with Crippen LogP contribution >= 0.6 is 0 Å². The number of anilines is 1. The van der Waals surface area contributed by atoms with Crippen molar-refractivity contribution >= 4 is 29.5 Å². The second-order valence-corrected chi connectivity index (χ2v) is 7.88. The van der Waals surface area contributed by atoms with Gasteiger partial charge in [0.2, 0.25) is 5.91 Å². The first-order chi connectivity index (χ1) is 18.4. The topological polar surface area (TPSA) is 172 Å². The summed E-state index contributed by atoms with van der Waals surface area (Å²) in [7, 11) is 0. The van der Waals surface area contributed by atoms with Gasteiger partial charge in [-0.2, -0.15) is 10.3 Å². The smallest absolute Gasteiger partial charge is 0.316 e. The minimum atomic E-state index is -0.721. The molecule has 38 heavy (non-hydrogen) atoms. The van der Waals surface area contributed by atoms with E-state index in [0.717, 1.165) is 0 Å². The van der Waals surface area contributed by atoms with Crippen molar-refractivity contribution < 1.29 is 23.8 Å². The van der Waals surface area contributed by atoms with E-state index in [-0.39, 0.29) is 47.2 Å². The number of nitrogens with one attached hydrogen (secondary N) is 3. The number of carbonyl (C=O) groups is 2. The SMILES string of the molecule is N#Cc1cc(OC2=C3NC(=O)CN=C3NC(Oc3cccc(NC(N)=O)c3)=N2)cc(Oc2ccccc2)c1. The number of para-hydroxylation sites is 1. The molecule has 12 nitrogen and oxygen atoms in total. The number of nitrogens with zero attached hydrogens (tertiary/aromatic N) is 3. The molecule has 0 bridgehead atoms. The highest BCUT2D eigenvalue weighted by Gasteiger charge is 2.29. The number of primary amides is 1. The van der Waals surface area contributed by atoms with Crippen molar-refractivity contribution in [3.8, 4) is 29.1 Å². The van der Waals surface area contributed by atoms with Gasteiger partial charge >= 0.3 is 12.1 Å². The molecular formula is C26H19N7O5. The number of rotatable bonds is 6. The zero-order valence-electron chi connectivity index (χ0n) is 19.6. The summed E-state index contributed by atoms with van der Waals surface area (Å²) in [5.74, 6) is 1.39. The van der Waals surface area contributed by atoms with Crippen LogP contribution in [0.2, 0.25) is 0 Å². The number of amides is 3. The van der Waals surface area contributed by atoms with Gasteiger partial charge < -0.3 is 30.6 Å². The maximum atomic E-state index is 12.0. The van der Waals surface area contributed by atoms with Crippen LogP contribution in [0.5, 0.6) is 23.0 Å². The van der Waals surface area contributed by atoms with Crippen molar-refractivity contribution in [3.05, 3.63) is 89.9 Å². The molecule has 5 N–H and O–H groups in total. The zero-order chi connectivity index (χ0) is 26.5. The Kier molecular flexibility index (Phi) is 6.55. The van der Waals surface area contributed by atoms with Crippen LogP contribution in [0.3, 0.4) is 0 Å². The number of benzene rings is 3. The van der Waals surface area contributed by atoms with Gasteiger partial charge in [0.25, 0.3) is 5.88 Å². The Morgan fingerprint density at radius 1 is 0.921 bits per heavy atom. The molecule has 3 aromatic rings. The molecule has 0 fully saturated rings. The standard InChI is InChI=1S/C26H19N7O5/c27-13-15-9-19(36-17-6-2-1-3-7-17)12-20(10-15)37-24-22-23(29-14-21(34)31-22)32-26(33-24)38-18-8-4-5-16(11-18)30-25(28)35/h1-12H,14H2,(H,31,34)(H3,28,30,35)(H,29,32,33). The van der Waals surface area contributed by atoms with E-state index in [9.17, 15) is 14.9 Å². The Hall–Kier alpha value is -5.83. The Bertz CT molecular complexity index is 1560. The van der Waals surface area contributed by atoms with Crippen LogP contribution in [0.25, 0.3) is 0 Å². The molecular weight excluding hydrogens is 490 g/mol. The lowest BCUT2D eigenvalue weighted by Crippen LogP contribution is -2.48. The third-order valence-corrected chi connectivity index (χ3v) is 5.04.